The molecule has 0 aromatic heterocycles. The molecule has 440 valence electrons. The smallest absolute Gasteiger partial charge is 0.326 e. The Labute approximate surface area is 470 Å². The van der Waals surface area contributed by atoms with Crippen molar-refractivity contribution in [2.45, 2.75) is 147 Å². The summed E-state index contributed by atoms with van der Waals surface area (Å²) in [6.07, 6.45) is -0.583. The van der Waals surface area contributed by atoms with Crippen LogP contribution in [0.15, 0.2) is 89.9 Å². The highest BCUT2D eigenvalue weighted by Gasteiger charge is 2.41. The molecule has 16 N–H and O–H groups in total. The first-order chi connectivity index (χ1) is 38.3. The summed E-state index contributed by atoms with van der Waals surface area (Å²) in [6, 6.07) is 11.3. The molecule has 0 aliphatic carbocycles. The number of phenols is 1. The molecule has 4 rings (SSSR count). The van der Waals surface area contributed by atoms with Crippen molar-refractivity contribution in [3.8, 4) is 5.75 Å². The number of guanidine groups is 1. The van der Waals surface area contributed by atoms with Gasteiger partial charge in [0.15, 0.2) is 5.96 Å². The van der Waals surface area contributed by atoms with Gasteiger partial charge in [-0.25, -0.2) is 4.79 Å². The van der Waals surface area contributed by atoms with Crippen molar-refractivity contribution < 1.29 is 63.3 Å². The van der Waals surface area contributed by atoms with E-state index in [1.807, 2.05) is 44.2 Å². The molecule has 3 aromatic rings. The van der Waals surface area contributed by atoms with Gasteiger partial charge < -0.3 is 74.6 Å². The van der Waals surface area contributed by atoms with Gasteiger partial charge in [0, 0.05) is 25.9 Å². The van der Waals surface area contributed by atoms with Crippen LogP contribution < -0.4 is 54.4 Å². The highest BCUT2D eigenvalue weighted by Crippen LogP contribution is 2.21. The number of carbonyl (C=O) groups is 10. The van der Waals surface area contributed by atoms with Crippen LogP contribution in [0.4, 0.5) is 0 Å². The summed E-state index contributed by atoms with van der Waals surface area (Å²) >= 11 is 0. The van der Waals surface area contributed by atoms with Crippen molar-refractivity contribution in [1.29, 1.82) is 0 Å². The van der Waals surface area contributed by atoms with Crippen molar-refractivity contribution in [1.82, 2.24) is 42.1 Å². The number of aliphatic carboxylic acids is 2. The van der Waals surface area contributed by atoms with Crippen molar-refractivity contribution in [3.63, 3.8) is 0 Å². The Morgan fingerprint density at radius 1 is 0.605 bits per heavy atom. The first-order valence-electron chi connectivity index (χ1n) is 26.9. The number of nitrogens with two attached hydrogens (primary N) is 3. The number of likely N-dealkylation sites (tertiary alicyclic amines) is 1. The summed E-state index contributed by atoms with van der Waals surface area (Å²) in [4.78, 5) is 142. The molecular weight excluding hydrogens is 1050 g/mol. The average Bonchev–Trinajstić information content (AvgIpc) is 3.96. The molecule has 25 nitrogen and oxygen atoms in total. The maximum absolute atomic E-state index is 14.7. The number of nitrogens with one attached hydrogen (secondary N) is 7. The summed E-state index contributed by atoms with van der Waals surface area (Å²) in [5.74, 6) is -10.5. The van der Waals surface area contributed by atoms with E-state index in [1.165, 1.54) is 36.1 Å². The molecule has 0 unspecified atom stereocenters. The van der Waals surface area contributed by atoms with Crippen molar-refractivity contribution >= 4 is 65.2 Å². The Bertz CT molecular complexity index is 2670. The van der Waals surface area contributed by atoms with Crippen molar-refractivity contribution in [2.24, 2.45) is 34.0 Å². The monoisotopic (exact) mass is 1130 g/mol. The van der Waals surface area contributed by atoms with E-state index in [9.17, 15) is 63.3 Å². The Morgan fingerprint density at radius 2 is 1.12 bits per heavy atom. The number of carboxylic acid groups (broad SMARTS) is 2. The summed E-state index contributed by atoms with van der Waals surface area (Å²) in [5, 5.41) is 47.6. The Kier molecular flexibility index (Phi) is 25.5. The molecule has 25 heteroatoms. The maximum Gasteiger partial charge on any atom is 0.326 e. The molecule has 3 aromatic carbocycles. The van der Waals surface area contributed by atoms with Crippen LogP contribution in [0, 0.1) is 11.8 Å². The maximum atomic E-state index is 14.7. The van der Waals surface area contributed by atoms with Crippen LogP contribution in [0.25, 0.3) is 0 Å². The van der Waals surface area contributed by atoms with E-state index >= 15 is 0 Å². The minimum absolute atomic E-state index is 0.00713. The van der Waals surface area contributed by atoms with E-state index in [2.05, 4.69) is 42.2 Å². The van der Waals surface area contributed by atoms with E-state index in [-0.39, 0.29) is 75.7 Å². The first-order valence-corrected chi connectivity index (χ1v) is 26.9. The predicted molar refractivity (Wildman–Crippen MR) is 298 cm³/mol. The lowest BCUT2D eigenvalue weighted by atomic mass is 9.99. The number of hydrogen-bond donors (Lipinski definition) is 13. The lowest BCUT2D eigenvalue weighted by Crippen LogP contribution is -2.60. The summed E-state index contributed by atoms with van der Waals surface area (Å²) in [7, 11) is 0. The van der Waals surface area contributed by atoms with Gasteiger partial charge in [-0.2, -0.15) is 0 Å². The van der Waals surface area contributed by atoms with Gasteiger partial charge >= 0.3 is 11.9 Å². The molecule has 1 saturated heterocycles. The summed E-state index contributed by atoms with van der Waals surface area (Å²) in [6.45, 7) is 8.22. The summed E-state index contributed by atoms with van der Waals surface area (Å²) in [5.41, 5.74) is 19.1. The number of amides is 8. The van der Waals surface area contributed by atoms with E-state index in [0.717, 1.165) is 5.56 Å². The number of aliphatic imine (C=N–C) groups is 1. The molecule has 0 saturated carbocycles. The second kappa shape index (κ2) is 31.8. The van der Waals surface area contributed by atoms with Crippen molar-refractivity contribution in [2.75, 3.05) is 13.1 Å². The third kappa shape index (κ3) is 21.5. The minimum atomic E-state index is -1.85. The molecule has 0 radical (unpaired) electrons. The molecule has 1 aliphatic rings. The Morgan fingerprint density at radius 3 is 1.69 bits per heavy atom. The van der Waals surface area contributed by atoms with Gasteiger partial charge in [-0.05, 0) is 86.1 Å². The van der Waals surface area contributed by atoms with Gasteiger partial charge in [-0.1, -0.05) is 100 Å². The van der Waals surface area contributed by atoms with Crippen LogP contribution in [0.1, 0.15) is 89.8 Å². The number of rotatable bonds is 31. The average molecular weight is 1130 g/mol. The Balaban J connectivity index is 1.59. The standard InChI is InChI=1S/C56H78N12O13/c1-31(2)26-40(63-48(73)38(57)27-34-14-8-6-9-15-34)50(75)66-43(29-35-16-10-7-11-17-35)54(79)68-25-13-19-44(68)53(78)65-42(30-45(70)71)52(77)64-41(28-36-20-22-37(69)23-21-36)51(76)62-39(18-12-24-60-56(58)59)49(74)61-33(5)47(72)67-46(32(3)4)55(80)81/h6-11,14-17,20-23,31-33,38-44,46,69H,12-13,18-19,24-30,57H2,1-5H3,(H,61,74)(H,62,76)(H,63,73)(H,64,77)(H,65,78)(H,66,75)(H,67,72)(H,70,71)(H,80,81)(H4,58,59,60)/t33-,38-,39-,40-,41-,42-,43-,44-,46-/m0/s1. The molecule has 0 bridgehead atoms. The normalized spacial score (nSPS) is 16.0. The van der Waals surface area contributed by atoms with Crippen LogP contribution >= 0.6 is 0 Å². The topological polar surface area (TPSA) is 409 Å². The SMILES string of the molecule is CC(C)C[C@H](NC(=O)[C@@H](N)Cc1ccccc1)C(=O)N[C@@H](Cc1ccccc1)C(=O)N1CCC[C@H]1C(=O)N[C@@H](CC(=O)O)C(=O)N[C@@H](Cc1ccc(O)cc1)C(=O)N[C@@H](CCCN=C(N)N)C(=O)N[C@@H](C)C(=O)N[C@H](C(=O)O)C(C)C. The Hall–Kier alpha value is -8.61. The van der Waals surface area contributed by atoms with Crippen LogP contribution in [-0.4, -0.2) is 153 Å². The molecular formula is C56H78N12O13. The second-order valence-electron chi connectivity index (χ2n) is 20.8. The van der Waals surface area contributed by atoms with E-state index < -0.39 is 126 Å². The highest BCUT2D eigenvalue weighted by atomic mass is 16.4. The number of phenolic OH excluding ortho intramolecular Hbond substituents is 1. The number of carboxylic acids is 2. The summed E-state index contributed by atoms with van der Waals surface area (Å²) < 4.78 is 0. The molecule has 81 heavy (non-hydrogen) atoms. The van der Waals surface area contributed by atoms with Crippen molar-refractivity contribution in [3.05, 3.63) is 102 Å². The van der Waals surface area contributed by atoms with E-state index in [1.54, 1.807) is 44.2 Å². The van der Waals surface area contributed by atoms with Gasteiger partial charge in [0.05, 0.1) is 12.5 Å². The fourth-order valence-electron chi connectivity index (χ4n) is 8.99. The molecule has 9 atom stereocenters. The van der Waals surface area contributed by atoms with Crippen LogP contribution in [-0.2, 0) is 67.2 Å². The third-order valence-electron chi connectivity index (χ3n) is 13.3. The lowest BCUT2D eigenvalue weighted by Gasteiger charge is -2.31. The first kappa shape index (κ1) is 64.9. The van der Waals surface area contributed by atoms with E-state index in [0.29, 0.717) is 17.5 Å². The number of carbonyl (C=O) groups excluding carboxylic acids is 8. The van der Waals surface area contributed by atoms with E-state index in [4.69, 9.17) is 17.2 Å². The van der Waals surface area contributed by atoms with Crippen LogP contribution in [0.2, 0.25) is 0 Å². The number of nitrogens with zero attached hydrogens (tertiary/aromatic N) is 2. The molecule has 1 heterocycles. The van der Waals surface area contributed by atoms with Gasteiger partial charge in [0.2, 0.25) is 47.3 Å². The highest BCUT2D eigenvalue weighted by molar-refractivity contribution is 5.99. The predicted octanol–water partition coefficient (Wildman–Crippen LogP) is -0.533. The molecule has 0 spiro atoms. The molecule has 1 fully saturated rings. The zero-order chi connectivity index (χ0) is 59.9. The van der Waals surface area contributed by atoms with Crippen LogP contribution in [0.3, 0.4) is 0 Å². The zero-order valence-corrected chi connectivity index (χ0v) is 46.3. The fourth-order valence-corrected chi connectivity index (χ4v) is 8.99. The number of benzene rings is 3. The fraction of sp³-hybridized carbons (Fsp3) is 0.482. The molecule has 8 amide bonds. The largest absolute Gasteiger partial charge is 0.508 e. The van der Waals surface area contributed by atoms with Gasteiger partial charge in [-0.3, -0.25) is 48.1 Å². The number of aromatic hydroxyl groups is 1. The van der Waals surface area contributed by atoms with Crippen LogP contribution in [0.5, 0.6) is 5.75 Å². The second-order valence-corrected chi connectivity index (χ2v) is 20.8. The third-order valence-corrected chi connectivity index (χ3v) is 13.3. The quantitative estimate of drug-likeness (QED) is 0.0219. The minimum Gasteiger partial charge on any atom is -0.508 e. The van der Waals surface area contributed by atoms with Gasteiger partial charge in [0.1, 0.15) is 54.1 Å². The van der Waals surface area contributed by atoms with Gasteiger partial charge in [-0.15, -0.1) is 0 Å². The zero-order valence-electron chi connectivity index (χ0n) is 46.3. The lowest BCUT2D eigenvalue weighted by molar-refractivity contribution is -0.144. The van der Waals surface area contributed by atoms with Gasteiger partial charge in [0.25, 0.3) is 0 Å². The number of hydrogen-bond acceptors (Lipinski definition) is 13. The molecule has 1 aliphatic heterocycles.